The van der Waals surface area contributed by atoms with E-state index in [9.17, 15) is 9.59 Å². The number of carbonyl (C=O) groups is 2. The lowest BCUT2D eigenvalue weighted by atomic mass is 10.1. The fraction of sp³-hybridized carbons (Fsp3) is 0.458. The molecule has 1 unspecified atom stereocenters. The van der Waals surface area contributed by atoms with Crippen LogP contribution in [0, 0.1) is 0 Å². The van der Waals surface area contributed by atoms with Crippen molar-refractivity contribution in [1.29, 1.82) is 0 Å². The quantitative estimate of drug-likeness (QED) is 0.561. The van der Waals surface area contributed by atoms with Crippen LogP contribution in [0.15, 0.2) is 41.2 Å². The summed E-state index contributed by atoms with van der Waals surface area (Å²) in [5.74, 6) is 0.770. The number of rotatable bonds is 5. The van der Waals surface area contributed by atoms with Gasteiger partial charge in [0.2, 0.25) is 0 Å². The molecular weight excluding hydrogens is 464 g/mol. The van der Waals surface area contributed by atoms with Crippen molar-refractivity contribution in [2.24, 2.45) is 7.05 Å². The first-order chi connectivity index (χ1) is 17.5. The molecule has 0 spiro atoms. The number of aryl methyl sites for hydroxylation is 1. The van der Waals surface area contributed by atoms with Gasteiger partial charge < -0.3 is 29.3 Å². The maximum Gasteiger partial charge on any atom is 0.318 e. The Labute approximate surface area is 208 Å². The van der Waals surface area contributed by atoms with E-state index >= 15 is 0 Å². The van der Waals surface area contributed by atoms with Crippen molar-refractivity contribution in [3.8, 4) is 11.5 Å². The number of likely N-dealkylation sites (N-methyl/N-ethyl adjacent to an activating group) is 1. The molecule has 190 valence electrons. The van der Waals surface area contributed by atoms with Crippen molar-refractivity contribution in [3.63, 3.8) is 0 Å². The van der Waals surface area contributed by atoms with Gasteiger partial charge in [0.25, 0.3) is 11.8 Å². The van der Waals surface area contributed by atoms with E-state index in [1.807, 2.05) is 29.2 Å². The van der Waals surface area contributed by atoms with Crippen LogP contribution in [0.3, 0.4) is 0 Å². The van der Waals surface area contributed by atoms with Crippen molar-refractivity contribution in [1.82, 2.24) is 39.9 Å². The zero-order valence-corrected chi connectivity index (χ0v) is 20.5. The van der Waals surface area contributed by atoms with Crippen molar-refractivity contribution in [3.05, 3.63) is 53.6 Å². The SMILES string of the molecule is CN1CCN(C(=O)c2ccc(CNC(=O)N3CCOCC3c3noc(-c4cnn(C)c4)n3)cc2)CC1. The van der Waals surface area contributed by atoms with E-state index in [0.29, 0.717) is 42.5 Å². The molecule has 12 nitrogen and oxygen atoms in total. The second-order valence-electron chi connectivity index (χ2n) is 9.10. The normalized spacial score (nSPS) is 18.9. The highest BCUT2D eigenvalue weighted by Crippen LogP contribution is 2.25. The minimum absolute atomic E-state index is 0.0422. The topological polar surface area (TPSA) is 122 Å². The van der Waals surface area contributed by atoms with E-state index in [0.717, 1.165) is 31.7 Å². The largest absolute Gasteiger partial charge is 0.377 e. The summed E-state index contributed by atoms with van der Waals surface area (Å²) in [5.41, 5.74) is 2.27. The van der Waals surface area contributed by atoms with Crippen molar-refractivity contribution in [2.45, 2.75) is 12.6 Å². The molecule has 2 aliphatic rings. The summed E-state index contributed by atoms with van der Waals surface area (Å²) in [5, 5.41) is 11.2. The minimum atomic E-state index is -0.462. The van der Waals surface area contributed by atoms with Gasteiger partial charge in [0.15, 0.2) is 5.82 Å². The van der Waals surface area contributed by atoms with Crippen molar-refractivity contribution >= 4 is 11.9 Å². The van der Waals surface area contributed by atoms with Crippen LogP contribution in [-0.4, -0.2) is 99.5 Å². The smallest absolute Gasteiger partial charge is 0.318 e. The van der Waals surface area contributed by atoms with Gasteiger partial charge in [0.1, 0.15) is 6.04 Å². The van der Waals surface area contributed by atoms with E-state index in [1.165, 1.54) is 0 Å². The third-order valence-electron chi connectivity index (χ3n) is 6.52. The van der Waals surface area contributed by atoms with Crippen LogP contribution >= 0.6 is 0 Å². The van der Waals surface area contributed by atoms with E-state index in [2.05, 4.69) is 32.5 Å². The van der Waals surface area contributed by atoms with Gasteiger partial charge in [0.05, 0.1) is 25.0 Å². The summed E-state index contributed by atoms with van der Waals surface area (Å²) < 4.78 is 12.6. The van der Waals surface area contributed by atoms with Gasteiger partial charge in [-0.2, -0.15) is 10.1 Å². The predicted octanol–water partition coefficient (Wildman–Crippen LogP) is 1.14. The molecule has 0 radical (unpaired) electrons. The monoisotopic (exact) mass is 494 g/mol. The number of benzene rings is 1. The Kier molecular flexibility index (Phi) is 6.96. The predicted molar refractivity (Wildman–Crippen MR) is 129 cm³/mol. The molecule has 36 heavy (non-hydrogen) atoms. The molecule has 3 amide bonds. The number of carbonyl (C=O) groups excluding carboxylic acids is 2. The lowest BCUT2D eigenvalue weighted by molar-refractivity contribution is 0.00784. The molecule has 0 saturated carbocycles. The summed E-state index contributed by atoms with van der Waals surface area (Å²) >= 11 is 0. The van der Waals surface area contributed by atoms with Gasteiger partial charge in [-0.15, -0.1) is 0 Å². The summed E-state index contributed by atoms with van der Waals surface area (Å²) in [4.78, 5) is 36.0. The van der Waals surface area contributed by atoms with E-state index in [1.54, 1.807) is 29.0 Å². The second-order valence-corrected chi connectivity index (χ2v) is 9.10. The Morgan fingerprint density at radius 1 is 1.08 bits per heavy atom. The highest BCUT2D eigenvalue weighted by molar-refractivity contribution is 5.94. The zero-order chi connectivity index (χ0) is 25.1. The lowest BCUT2D eigenvalue weighted by Crippen LogP contribution is -2.48. The van der Waals surface area contributed by atoms with Crippen molar-refractivity contribution in [2.75, 3.05) is 53.0 Å². The van der Waals surface area contributed by atoms with Gasteiger partial charge in [-0.25, -0.2) is 4.79 Å². The summed E-state index contributed by atoms with van der Waals surface area (Å²) in [6.07, 6.45) is 3.42. The molecule has 3 aromatic rings. The highest BCUT2D eigenvalue weighted by Gasteiger charge is 2.32. The maximum absolute atomic E-state index is 13.0. The standard InChI is InChI=1S/C24H30N8O4/c1-29-7-9-31(10-8-29)23(33)18-5-3-17(4-6-18)13-25-24(34)32-11-12-35-16-20(32)21-27-22(36-28-21)19-14-26-30(2)15-19/h3-6,14-15,20H,7-13,16H2,1-2H3,(H,25,34). The van der Waals surface area contributed by atoms with E-state index in [4.69, 9.17) is 9.26 Å². The van der Waals surface area contributed by atoms with Crippen LogP contribution in [0.2, 0.25) is 0 Å². The number of hydrogen-bond acceptors (Lipinski definition) is 8. The number of nitrogens with zero attached hydrogens (tertiary/aromatic N) is 7. The minimum Gasteiger partial charge on any atom is -0.377 e. The second kappa shape index (κ2) is 10.5. The number of aromatic nitrogens is 4. The number of piperazine rings is 1. The van der Waals surface area contributed by atoms with Crippen LogP contribution < -0.4 is 5.32 Å². The first-order valence-electron chi connectivity index (χ1n) is 12.0. The number of ether oxygens (including phenoxy) is 1. The Morgan fingerprint density at radius 3 is 2.58 bits per heavy atom. The summed E-state index contributed by atoms with van der Waals surface area (Å²) in [6, 6.07) is 6.68. The average molecular weight is 495 g/mol. The van der Waals surface area contributed by atoms with Gasteiger partial charge in [-0.3, -0.25) is 9.48 Å². The molecule has 2 saturated heterocycles. The van der Waals surface area contributed by atoms with Crippen LogP contribution in [0.5, 0.6) is 0 Å². The van der Waals surface area contributed by atoms with E-state index in [-0.39, 0.29) is 18.5 Å². The van der Waals surface area contributed by atoms with Crippen LogP contribution in [0.4, 0.5) is 4.79 Å². The molecule has 1 N–H and O–H groups in total. The fourth-order valence-electron chi connectivity index (χ4n) is 4.32. The number of urea groups is 1. The van der Waals surface area contributed by atoms with Crippen LogP contribution in [-0.2, 0) is 18.3 Å². The van der Waals surface area contributed by atoms with E-state index < -0.39 is 6.04 Å². The summed E-state index contributed by atoms with van der Waals surface area (Å²) in [7, 11) is 3.87. The van der Waals surface area contributed by atoms with Crippen molar-refractivity contribution < 1.29 is 18.8 Å². The molecule has 5 rings (SSSR count). The Morgan fingerprint density at radius 2 is 1.86 bits per heavy atom. The van der Waals surface area contributed by atoms with Gasteiger partial charge in [0, 0.05) is 58.1 Å². The molecule has 1 atom stereocenters. The molecule has 12 heteroatoms. The first kappa shape index (κ1) is 23.9. The highest BCUT2D eigenvalue weighted by atomic mass is 16.5. The summed E-state index contributed by atoms with van der Waals surface area (Å²) in [6.45, 7) is 4.68. The number of hydrogen-bond donors (Lipinski definition) is 1. The third kappa shape index (κ3) is 5.24. The Hall–Kier alpha value is -3.77. The molecule has 2 aliphatic heterocycles. The van der Waals surface area contributed by atoms with Gasteiger partial charge in [-0.05, 0) is 24.7 Å². The third-order valence-corrected chi connectivity index (χ3v) is 6.52. The molecule has 4 heterocycles. The number of morpholine rings is 1. The number of nitrogens with one attached hydrogen (secondary N) is 1. The molecule has 0 bridgehead atoms. The van der Waals surface area contributed by atoms with Gasteiger partial charge >= 0.3 is 6.03 Å². The Bertz CT molecular complexity index is 1200. The average Bonchev–Trinajstić information content (AvgIpc) is 3.57. The maximum atomic E-state index is 13.0. The van der Waals surface area contributed by atoms with Crippen LogP contribution in [0.25, 0.3) is 11.5 Å². The van der Waals surface area contributed by atoms with Gasteiger partial charge in [-0.1, -0.05) is 17.3 Å². The van der Waals surface area contributed by atoms with Crippen LogP contribution in [0.1, 0.15) is 27.8 Å². The molecule has 2 fully saturated rings. The zero-order valence-electron chi connectivity index (χ0n) is 20.5. The number of amides is 3. The molecular formula is C24H30N8O4. The Balaban J connectivity index is 1.19. The molecule has 1 aromatic carbocycles. The first-order valence-corrected chi connectivity index (χ1v) is 12.0. The molecule has 0 aliphatic carbocycles. The molecule has 2 aromatic heterocycles. The lowest BCUT2D eigenvalue weighted by Gasteiger charge is -2.33. The fourth-order valence-corrected chi connectivity index (χ4v) is 4.32.